The van der Waals surface area contributed by atoms with Gasteiger partial charge in [0.25, 0.3) is 5.56 Å². The Kier molecular flexibility index (Phi) is 7.72. The Balaban J connectivity index is 1.63. The number of carbonyl (C=O) groups excluding carboxylic acids is 1. The van der Waals surface area contributed by atoms with Crippen molar-refractivity contribution >= 4 is 29.1 Å². The third kappa shape index (κ3) is 5.16. The lowest BCUT2D eigenvalue weighted by molar-refractivity contribution is -0.139. The average molecular weight is 548 g/mol. The van der Waals surface area contributed by atoms with E-state index in [1.165, 1.54) is 11.3 Å². The number of anilines is 1. The highest BCUT2D eigenvalue weighted by molar-refractivity contribution is 7.07. The van der Waals surface area contributed by atoms with Crippen molar-refractivity contribution in [3.63, 3.8) is 0 Å². The van der Waals surface area contributed by atoms with Crippen LogP contribution in [0.5, 0.6) is 5.75 Å². The van der Waals surface area contributed by atoms with Gasteiger partial charge in [0, 0.05) is 18.8 Å². The van der Waals surface area contributed by atoms with E-state index >= 15 is 0 Å². The molecule has 0 bridgehead atoms. The molecule has 1 saturated heterocycles. The molecule has 3 heterocycles. The number of benzene rings is 2. The summed E-state index contributed by atoms with van der Waals surface area (Å²) in [6.45, 7) is 10.9. The maximum atomic E-state index is 13.9. The van der Waals surface area contributed by atoms with Crippen LogP contribution >= 0.6 is 11.3 Å². The average Bonchev–Trinajstić information content (AvgIpc) is 3.24. The van der Waals surface area contributed by atoms with Crippen LogP contribution < -0.4 is 24.5 Å². The number of aromatic nitrogens is 1. The SMILES string of the molecule is CCOC(=O)C1=C(C)N=c2sc(=Cc3ccc(N4CCOCC4)cc3)c(=O)n2C1c1cc(C)c(OC)cc1C. The molecule has 0 spiro atoms. The standard InChI is InChI=1S/C30H33N3O5S/c1-6-38-29(35)26-20(4)31-30-33(27(26)23-15-19(3)24(36-5)16-18(23)2)28(34)25(39-30)17-21-7-9-22(10-8-21)32-11-13-37-14-12-32/h7-10,15-17,27H,6,11-14H2,1-5H3. The van der Waals surface area contributed by atoms with E-state index in [4.69, 9.17) is 14.2 Å². The molecule has 5 rings (SSSR count). The normalized spacial score (nSPS) is 17.6. The van der Waals surface area contributed by atoms with Gasteiger partial charge >= 0.3 is 5.97 Å². The molecule has 0 amide bonds. The van der Waals surface area contributed by atoms with E-state index < -0.39 is 12.0 Å². The number of thiazole rings is 1. The molecule has 9 heteroatoms. The molecule has 1 unspecified atom stereocenters. The van der Waals surface area contributed by atoms with Crippen molar-refractivity contribution in [2.24, 2.45) is 4.99 Å². The lowest BCUT2D eigenvalue weighted by Gasteiger charge is -2.28. The molecule has 204 valence electrons. The summed E-state index contributed by atoms with van der Waals surface area (Å²) in [4.78, 5) is 34.7. The number of fused-ring (bicyclic) bond motifs is 1. The van der Waals surface area contributed by atoms with Crippen LogP contribution in [-0.4, -0.2) is 50.6 Å². The summed E-state index contributed by atoms with van der Waals surface area (Å²) in [6, 6.07) is 11.5. The summed E-state index contributed by atoms with van der Waals surface area (Å²) in [5, 5.41) is 0. The predicted octanol–water partition coefficient (Wildman–Crippen LogP) is 3.26. The largest absolute Gasteiger partial charge is 0.496 e. The number of allylic oxidation sites excluding steroid dienone is 1. The van der Waals surface area contributed by atoms with Gasteiger partial charge in [-0.3, -0.25) is 9.36 Å². The van der Waals surface area contributed by atoms with E-state index in [1.807, 2.05) is 44.2 Å². The van der Waals surface area contributed by atoms with Crippen molar-refractivity contribution < 1.29 is 19.0 Å². The number of ether oxygens (including phenoxy) is 3. The highest BCUT2D eigenvalue weighted by Gasteiger charge is 2.34. The zero-order valence-electron chi connectivity index (χ0n) is 22.9. The molecule has 2 aliphatic heterocycles. The number of esters is 1. The molecular formula is C30H33N3O5S. The number of rotatable bonds is 6. The van der Waals surface area contributed by atoms with Gasteiger partial charge in [0.1, 0.15) is 5.75 Å². The molecule has 0 saturated carbocycles. The van der Waals surface area contributed by atoms with Crippen LogP contribution in [0.15, 0.2) is 57.5 Å². The fourth-order valence-corrected chi connectivity index (χ4v) is 6.21. The fraction of sp³-hybridized carbons (Fsp3) is 0.367. The van der Waals surface area contributed by atoms with Gasteiger partial charge in [-0.05, 0) is 80.3 Å². The first-order valence-corrected chi connectivity index (χ1v) is 13.9. The van der Waals surface area contributed by atoms with Crippen molar-refractivity contribution in [3.8, 4) is 5.75 Å². The summed E-state index contributed by atoms with van der Waals surface area (Å²) in [5.41, 5.74) is 5.46. The van der Waals surface area contributed by atoms with Crippen molar-refractivity contribution in [1.82, 2.24) is 4.57 Å². The van der Waals surface area contributed by atoms with Crippen LogP contribution in [0.1, 0.15) is 42.1 Å². The zero-order valence-corrected chi connectivity index (χ0v) is 23.8. The lowest BCUT2D eigenvalue weighted by Crippen LogP contribution is -2.40. The molecule has 2 aliphatic rings. The summed E-state index contributed by atoms with van der Waals surface area (Å²) in [7, 11) is 1.63. The minimum absolute atomic E-state index is 0.192. The van der Waals surface area contributed by atoms with Gasteiger partial charge in [-0.15, -0.1) is 0 Å². The second kappa shape index (κ2) is 11.2. The molecule has 1 atom stereocenters. The Morgan fingerprint density at radius 2 is 1.85 bits per heavy atom. The van der Waals surface area contributed by atoms with E-state index in [0.717, 1.165) is 60.0 Å². The predicted molar refractivity (Wildman–Crippen MR) is 152 cm³/mol. The minimum atomic E-state index is -0.657. The first-order chi connectivity index (χ1) is 18.8. The summed E-state index contributed by atoms with van der Waals surface area (Å²) >= 11 is 1.33. The molecule has 0 aliphatic carbocycles. The van der Waals surface area contributed by atoms with Crippen molar-refractivity contribution in [3.05, 3.63) is 89.6 Å². The van der Waals surface area contributed by atoms with Crippen LogP contribution in [-0.2, 0) is 14.3 Å². The number of nitrogens with zero attached hydrogens (tertiary/aromatic N) is 3. The summed E-state index contributed by atoms with van der Waals surface area (Å²) in [6.07, 6.45) is 1.89. The lowest BCUT2D eigenvalue weighted by atomic mass is 9.91. The molecular weight excluding hydrogens is 514 g/mol. The second-order valence-corrected chi connectivity index (χ2v) is 10.7. The maximum Gasteiger partial charge on any atom is 0.338 e. The van der Waals surface area contributed by atoms with Crippen LogP contribution in [0.3, 0.4) is 0 Å². The van der Waals surface area contributed by atoms with Crippen LogP contribution in [0, 0.1) is 13.8 Å². The topological polar surface area (TPSA) is 82.4 Å². The van der Waals surface area contributed by atoms with Gasteiger partial charge in [-0.25, -0.2) is 9.79 Å². The number of hydrogen-bond acceptors (Lipinski definition) is 8. The fourth-order valence-electron chi connectivity index (χ4n) is 5.17. The van der Waals surface area contributed by atoms with Crippen LogP contribution in [0.2, 0.25) is 0 Å². The van der Waals surface area contributed by atoms with Crippen LogP contribution in [0.25, 0.3) is 6.08 Å². The Morgan fingerprint density at radius 3 is 2.51 bits per heavy atom. The van der Waals surface area contributed by atoms with Gasteiger partial charge in [0.05, 0.1) is 48.8 Å². The van der Waals surface area contributed by atoms with Crippen molar-refractivity contribution in [1.29, 1.82) is 0 Å². The maximum absolute atomic E-state index is 13.9. The molecule has 0 radical (unpaired) electrons. The molecule has 2 aromatic carbocycles. The van der Waals surface area contributed by atoms with E-state index in [9.17, 15) is 9.59 Å². The Labute approximate surface area is 231 Å². The second-order valence-electron chi connectivity index (χ2n) is 9.67. The molecule has 39 heavy (non-hydrogen) atoms. The van der Waals surface area contributed by atoms with Gasteiger partial charge in [0.2, 0.25) is 0 Å². The van der Waals surface area contributed by atoms with E-state index in [-0.39, 0.29) is 12.2 Å². The van der Waals surface area contributed by atoms with E-state index in [2.05, 4.69) is 22.0 Å². The van der Waals surface area contributed by atoms with Crippen molar-refractivity contribution in [2.75, 3.05) is 44.9 Å². The van der Waals surface area contributed by atoms with Gasteiger partial charge < -0.3 is 19.1 Å². The number of methoxy groups -OCH3 is 1. The first kappa shape index (κ1) is 26.9. The number of morpholine rings is 1. The quantitative estimate of drug-likeness (QED) is 0.441. The number of carbonyl (C=O) groups is 1. The third-order valence-electron chi connectivity index (χ3n) is 7.16. The summed E-state index contributed by atoms with van der Waals surface area (Å²) < 4.78 is 18.6. The van der Waals surface area contributed by atoms with Crippen LogP contribution in [0.4, 0.5) is 5.69 Å². The van der Waals surface area contributed by atoms with Crippen molar-refractivity contribution in [2.45, 2.75) is 33.7 Å². The van der Waals surface area contributed by atoms with E-state index in [1.54, 1.807) is 25.5 Å². The minimum Gasteiger partial charge on any atom is -0.496 e. The van der Waals surface area contributed by atoms with Gasteiger partial charge in [0.15, 0.2) is 4.80 Å². The molecule has 3 aromatic rings. The zero-order chi connectivity index (χ0) is 27.7. The number of hydrogen-bond donors (Lipinski definition) is 0. The smallest absolute Gasteiger partial charge is 0.338 e. The Hall–Kier alpha value is -3.69. The Morgan fingerprint density at radius 1 is 1.13 bits per heavy atom. The highest BCUT2D eigenvalue weighted by Crippen LogP contribution is 2.35. The summed E-state index contributed by atoms with van der Waals surface area (Å²) in [5.74, 6) is 0.284. The monoisotopic (exact) mass is 547 g/mol. The first-order valence-electron chi connectivity index (χ1n) is 13.1. The Bertz CT molecular complexity index is 1610. The van der Waals surface area contributed by atoms with Gasteiger partial charge in [-0.1, -0.05) is 23.5 Å². The molecule has 8 nitrogen and oxygen atoms in total. The third-order valence-corrected chi connectivity index (χ3v) is 8.15. The van der Waals surface area contributed by atoms with Gasteiger partial charge in [-0.2, -0.15) is 0 Å². The molecule has 1 aromatic heterocycles. The highest BCUT2D eigenvalue weighted by atomic mass is 32.1. The number of aryl methyl sites for hydroxylation is 2. The molecule has 0 N–H and O–H groups in total. The van der Waals surface area contributed by atoms with E-state index in [0.29, 0.717) is 20.6 Å². The molecule has 1 fully saturated rings.